The minimum atomic E-state index is -0.779. The zero-order valence-corrected chi connectivity index (χ0v) is 54.1. The van der Waals surface area contributed by atoms with E-state index >= 15 is 0 Å². The lowest BCUT2D eigenvalue weighted by Crippen LogP contribution is -2.30. The van der Waals surface area contributed by atoms with Crippen LogP contribution in [-0.4, -0.2) is 37.2 Å². The standard InChI is InChI=1S/C74H138O6/c1-4-7-10-13-16-19-22-25-28-30-32-33-34-35-36-37-38-39-40-41-42-44-46-49-52-55-58-61-64-67-73(76)79-70-71(69-78-72(75)66-63-60-57-54-51-48-45-27-24-21-18-15-12-9-6-3)80-74(77)68-65-62-59-56-53-50-47-43-31-29-26-23-20-17-14-11-8-5-2/h20,23,27,29,31,45,71H,4-19,21-22,24-26,28,30,32-44,46-70H2,1-3H3/b23-20-,31-29-,45-27-. The zero-order chi connectivity index (χ0) is 57.8. The lowest BCUT2D eigenvalue weighted by atomic mass is 10.0. The first kappa shape index (κ1) is 77.6. The maximum atomic E-state index is 12.9. The molecule has 0 spiro atoms. The summed E-state index contributed by atoms with van der Waals surface area (Å²) in [4.78, 5) is 38.4. The highest BCUT2D eigenvalue weighted by Gasteiger charge is 2.19. The van der Waals surface area contributed by atoms with E-state index in [0.29, 0.717) is 19.3 Å². The number of carbonyl (C=O) groups excluding carboxylic acids is 3. The average molecular weight is 1120 g/mol. The van der Waals surface area contributed by atoms with Crippen LogP contribution in [0.15, 0.2) is 36.5 Å². The molecule has 0 bridgehead atoms. The van der Waals surface area contributed by atoms with Crippen LogP contribution >= 0.6 is 0 Å². The number of hydrogen-bond donors (Lipinski definition) is 0. The number of esters is 3. The van der Waals surface area contributed by atoms with E-state index in [0.717, 1.165) is 77.0 Å². The molecule has 0 amide bonds. The molecule has 6 heteroatoms. The van der Waals surface area contributed by atoms with E-state index in [4.69, 9.17) is 14.2 Å². The van der Waals surface area contributed by atoms with E-state index in [1.54, 1.807) is 0 Å². The summed E-state index contributed by atoms with van der Waals surface area (Å²) in [5, 5.41) is 0. The van der Waals surface area contributed by atoms with Crippen molar-refractivity contribution in [3.8, 4) is 0 Å². The zero-order valence-electron chi connectivity index (χ0n) is 54.1. The van der Waals surface area contributed by atoms with Gasteiger partial charge in [0.2, 0.25) is 0 Å². The van der Waals surface area contributed by atoms with Crippen LogP contribution in [0.1, 0.15) is 400 Å². The van der Waals surface area contributed by atoms with Gasteiger partial charge < -0.3 is 14.2 Å². The first-order valence-corrected chi connectivity index (χ1v) is 36.0. The second kappa shape index (κ2) is 69.1. The molecule has 470 valence electrons. The van der Waals surface area contributed by atoms with Crippen LogP contribution in [0.25, 0.3) is 0 Å². The molecule has 0 aromatic rings. The maximum absolute atomic E-state index is 12.9. The van der Waals surface area contributed by atoms with Crippen molar-refractivity contribution in [1.82, 2.24) is 0 Å². The molecule has 0 aromatic heterocycles. The van der Waals surface area contributed by atoms with Gasteiger partial charge in [0, 0.05) is 19.3 Å². The van der Waals surface area contributed by atoms with Gasteiger partial charge in [-0.3, -0.25) is 14.4 Å². The SMILES string of the molecule is CCCCCC/C=C\C/C=C\CCCCCCCCCC(=O)OC(COC(=O)CCCCCCC/C=C\CCCCCCCC)COC(=O)CCCCCCCCCCCCCCCCCCCCCCCCCCCCCCC. The molecule has 0 aliphatic carbocycles. The molecule has 0 fully saturated rings. The predicted octanol–water partition coefficient (Wildman–Crippen LogP) is 24.7. The maximum Gasteiger partial charge on any atom is 0.306 e. The van der Waals surface area contributed by atoms with Crippen molar-refractivity contribution in [2.24, 2.45) is 0 Å². The molecule has 0 aliphatic heterocycles. The van der Waals surface area contributed by atoms with Gasteiger partial charge in [0.1, 0.15) is 13.2 Å². The van der Waals surface area contributed by atoms with Gasteiger partial charge in [0.15, 0.2) is 6.10 Å². The third kappa shape index (κ3) is 66.4. The molecular formula is C74H138O6. The number of carbonyl (C=O) groups is 3. The number of ether oxygens (including phenoxy) is 3. The lowest BCUT2D eigenvalue weighted by Gasteiger charge is -2.18. The van der Waals surface area contributed by atoms with E-state index in [1.165, 1.54) is 283 Å². The second-order valence-electron chi connectivity index (χ2n) is 24.5. The van der Waals surface area contributed by atoms with Crippen molar-refractivity contribution in [3.05, 3.63) is 36.5 Å². The summed E-state index contributed by atoms with van der Waals surface area (Å²) < 4.78 is 17.0. The number of unbranched alkanes of at least 4 members (excludes halogenated alkanes) is 50. The average Bonchev–Trinajstić information content (AvgIpc) is 3.46. The number of allylic oxidation sites excluding steroid dienone is 6. The van der Waals surface area contributed by atoms with E-state index in [1.807, 2.05) is 0 Å². The van der Waals surface area contributed by atoms with Crippen molar-refractivity contribution in [2.45, 2.75) is 406 Å². The topological polar surface area (TPSA) is 78.9 Å². The Morgan fingerprint density at radius 3 is 0.713 bits per heavy atom. The highest BCUT2D eigenvalue weighted by atomic mass is 16.6. The van der Waals surface area contributed by atoms with E-state index in [-0.39, 0.29) is 31.1 Å². The number of hydrogen-bond acceptors (Lipinski definition) is 6. The molecule has 0 N–H and O–H groups in total. The van der Waals surface area contributed by atoms with Gasteiger partial charge in [-0.2, -0.15) is 0 Å². The fourth-order valence-electron chi connectivity index (χ4n) is 10.9. The van der Waals surface area contributed by atoms with Gasteiger partial charge in [-0.05, 0) is 77.0 Å². The van der Waals surface area contributed by atoms with Crippen molar-refractivity contribution in [1.29, 1.82) is 0 Å². The van der Waals surface area contributed by atoms with E-state index < -0.39 is 6.10 Å². The monoisotopic (exact) mass is 1120 g/mol. The van der Waals surface area contributed by atoms with Crippen LogP contribution in [0.2, 0.25) is 0 Å². The first-order chi connectivity index (χ1) is 39.5. The molecule has 0 aliphatic rings. The van der Waals surface area contributed by atoms with Crippen molar-refractivity contribution < 1.29 is 28.6 Å². The summed E-state index contributed by atoms with van der Waals surface area (Å²) in [5.74, 6) is -0.863. The van der Waals surface area contributed by atoms with Crippen LogP contribution < -0.4 is 0 Å². The fraction of sp³-hybridized carbons (Fsp3) is 0.878. The smallest absolute Gasteiger partial charge is 0.306 e. The van der Waals surface area contributed by atoms with Crippen LogP contribution in [0.5, 0.6) is 0 Å². The third-order valence-corrected chi connectivity index (χ3v) is 16.4. The van der Waals surface area contributed by atoms with E-state index in [2.05, 4.69) is 57.2 Å². The van der Waals surface area contributed by atoms with Gasteiger partial charge in [0.25, 0.3) is 0 Å². The lowest BCUT2D eigenvalue weighted by molar-refractivity contribution is -0.167. The van der Waals surface area contributed by atoms with Crippen molar-refractivity contribution in [3.63, 3.8) is 0 Å². The summed E-state index contributed by atoms with van der Waals surface area (Å²) in [7, 11) is 0. The Labute approximate surface area is 499 Å². The molecule has 6 nitrogen and oxygen atoms in total. The van der Waals surface area contributed by atoms with Gasteiger partial charge in [0.05, 0.1) is 0 Å². The normalized spacial score (nSPS) is 12.2. The van der Waals surface area contributed by atoms with E-state index in [9.17, 15) is 14.4 Å². The fourth-order valence-corrected chi connectivity index (χ4v) is 10.9. The summed E-state index contributed by atoms with van der Waals surface area (Å²) in [6.07, 6.45) is 86.1. The Bertz CT molecular complexity index is 1340. The minimum absolute atomic E-state index is 0.0736. The Balaban J connectivity index is 4.21. The quantitative estimate of drug-likeness (QED) is 0.0261. The van der Waals surface area contributed by atoms with Gasteiger partial charge in [-0.1, -0.05) is 340 Å². The Hall–Kier alpha value is -2.37. The highest BCUT2D eigenvalue weighted by molar-refractivity contribution is 5.71. The minimum Gasteiger partial charge on any atom is -0.462 e. The Kier molecular flexibility index (Phi) is 67.1. The van der Waals surface area contributed by atoms with Crippen LogP contribution in [-0.2, 0) is 28.6 Å². The molecule has 0 saturated heterocycles. The first-order valence-electron chi connectivity index (χ1n) is 36.0. The molecular weight excluding hydrogens is 985 g/mol. The summed E-state index contributed by atoms with van der Waals surface area (Å²) in [5.41, 5.74) is 0. The van der Waals surface area contributed by atoms with Gasteiger partial charge >= 0.3 is 17.9 Å². The molecule has 0 radical (unpaired) electrons. The Morgan fingerprint density at radius 1 is 0.250 bits per heavy atom. The molecule has 0 heterocycles. The van der Waals surface area contributed by atoms with Gasteiger partial charge in [-0.15, -0.1) is 0 Å². The molecule has 80 heavy (non-hydrogen) atoms. The van der Waals surface area contributed by atoms with Crippen LogP contribution in [0.4, 0.5) is 0 Å². The van der Waals surface area contributed by atoms with Crippen LogP contribution in [0, 0.1) is 0 Å². The molecule has 1 unspecified atom stereocenters. The highest BCUT2D eigenvalue weighted by Crippen LogP contribution is 2.19. The largest absolute Gasteiger partial charge is 0.462 e. The van der Waals surface area contributed by atoms with Crippen molar-refractivity contribution in [2.75, 3.05) is 13.2 Å². The van der Waals surface area contributed by atoms with Crippen LogP contribution in [0.3, 0.4) is 0 Å². The predicted molar refractivity (Wildman–Crippen MR) is 349 cm³/mol. The summed E-state index contributed by atoms with van der Waals surface area (Å²) >= 11 is 0. The summed E-state index contributed by atoms with van der Waals surface area (Å²) in [6, 6.07) is 0. The second-order valence-corrected chi connectivity index (χ2v) is 24.5. The molecule has 0 aromatic carbocycles. The third-order valence-electron chi connectivity index (χ3n) is 16.4. The molecule has 0 rings (SSSR count). The molecule has 1 atom stereocenters. The van der Waals surface area contributed by atoms with Crippen molar-refractivity contribution >= 4 is 17.9 Å². The van der Waals surface area contributed by atoms with Gasteiger partial charge in [-0.25, -0.2) is 0 Å². The molecule has 0 saturated carbocycles. The summed E-state index contributed by atoms with van der Waals surface area (Å²) in [6.45, 7) is 6.68. The number of rotatable bonds is 67. The Morgan fingerprint density at radius 2 is 0.450 bits per heavy atom.